The van der Waals surface area contributed by atoms with Crippen molar-refractivity contribution in [1.82, 2.24) is 0 Å². The Balaban J connectivity index is 2.05. The fourth-order valence-electron chi connectivity index (χ4n) is 2.74. The lowest BCUT2D eigenvalue weighted by molar-refractivity contribution is 0.0522. The third kappa shape index (κ3) is 2.58. The molecule has 3 rings (SSSR count). The highest BCUT2D eigenvalue weighted by Gasteiger charge is 2.16. The van der Waals surface area contributed by atoms with E-state index in [-0.39, 0.29) is 10.9 Å². The molecule has 1 aliphatic heterocycles. The van der Waals surface area contributed by atoms with Gasteiger partial charge in [-0.15, -0.1) is 0 Å². The number of benzene rings is 2. The Kier molecular flexibility index (Phi) is 3.95. The molecule has 1 saturated heterocycles. The van der Waals surface area contributed by atoms with E-state index in [1.54, 1.807) is 12.0 Å². The van der Waals surface area contributed by atoms with E-state index >= 15 is 0 Å². The van der Waals surface area contributed by atoms with Gasteiger partial charge in [0.05, 0.1) is 0 Å². The van der Waals surface area contributed by atoms with E-state index in [0.717, 1.165) is 5.75 Å². The van der Waals surface area contributed by atoms with E-state index in [2.05, 4.69) is 36.4 Å². The van der Waals surface area contributed by atoms with Crippen molar-refractivity contribution >= 4 is 21.7 Å². The van der Waals surface area contributed by atoms with Crippen molar-refractivity contribution in [2.75, 3.05) is 25.4 Å². The molecule has 0 aromatic heterocycles. The van der Waals surface area contributed by atoms with Crippen LogP contribution in [0, 0.1) is 0 Å². The number of methoxy groups -OCH3 is 1. The molecular formula is C16H20O2S. The van der Waals surface area contributed by atoms with Gasteiger partial charge in [-0.1, -0.05) is 24.3 Å². The van der Waals surface area contributed by atoms with Crippen LogP contribution >= 0.6 is 10.9 Å². The van der Waals surface area contributed by atoms with E-state index in [4.69, 9.17) is 9.47 Å². The second-order valence-electron chi connectivity index (χ2n) is 4.87. The van der Waals surface area contributed by atoms with Gasteiger partial charge in [0.1, 0.15) is 5.75 Å². The van der Waals surface area contributed by atoms with Gasteiger partial charge in [-0.05, 0) is 46.8 Å². The van der Waals surface area contributed by atoms with Crippen molar-refractivity contribution in [3.63, 3.8) is 0 Å². The van der Waals surface area contributed by atoms with Gasteiger partial charge < -0.3 is 9.47 Å². The molecule has 0 aliphatic carbocycles. The second-order valence-corrected chi connectivity index (χ2v) is 7.33. The lowest BCUT2D eigenvalue weighted by Crippen LogP contribution is -2.00. The molecule has 102 valence electrons. The number of hydrogen-bond donors (Lipinski definition) is 1. The monoisotopic (exact) mass is 276 g/mol. The summed E-state index contributed by atoms with van der Waals surface area (Å²) in [5.41, 5.74) is 0. The number of ether oxygens (including phenoxy) is 2. The Labute approximate surface area is 117 Å². The van der Waals surface area contributed by atoms with Crippen LogP contribution in [0.15, 0.2) is 41.3 Å². The van der Waals surface area contributed by atoms with Crippen LogP contribution in [0.2, 0.25) is 0 Å². The van der Waals surface area contributed by atoms with Crippen molar-refractivity contribution in [2.45, 2.75) is 17.7 Å². The van der Waals surface area contributed by atoms with E-state index < -0.39 is 0 Å². The SMILES string of the molecule is COCOc1ccc([SH]2CCCC2)c2ccccc12. The fourth-order valence-corrected chi connectivity index (χ4v) is 5.47. The van der Waals surface area contributed by atoms with Gasteiger partial charge in [0.25, 0.3) is 0 Å². The third-order valence-corrected chi connectivity index (χ3v) is 6.42. The molecule has 0 unspecified atom stereocenters. The zero-order valence-electron chi connectivity index (χ0n) is 11.3. The molecule has 3 heteroatoms. The molecule has 0 N–H and O–H groups in total. The maximum atomic E-state index is 5.67. The predicted molar refractivity (Wildman–Crippen MR) is 82.7 cm³/mol. The summed E-state index contributed by atoms with van der Waals surface area (Å²) in [5, 5.41) is 2.58. The number of hydrogen-bond acceptors (Lipinski definition) is 2. The minimum atomic E-state index is 0.0479. The molecule has 0 atom stereocenters. The van der Waals surface area contributed by atoms with Crippen molar-refractivity contribution in [2.24, 2.45) is 0 Å². The molecule has 19 heavy (non-hydrogen) atoms. The zero-order chi connectivity index (χ0) is 13.1. The molecule has 2 aromatic rings. The Hall–Kier alpha value is -1.19. The van der Waals surface area contributed by atoms with Crippen molar-refractivity contribution < 1.29 is 9.47 Å². The highest BCUT2D eigenvalue weighted by molar-refractivity contribution is 8.17. The van der Waals surface area contributed by atoms with Crippen LogP contribution in [0.25, 0.3) is 10.8 Å². The minimum Gasteiger partial charge on any atom is -0.467 e. The van der Waals surface area contributed by atoms with Crippen LogP contribution in [-0.2, 0) is 4.74 Å². The highest BCUT2D eigenvalue weighted by Crippen LogP contribution is 2.47. The molecule has 2 nitrogen and oxygen atoms in total. The largest absolute Gasteiger partial charge is 0.467 e. The van der Waals surface area contributed by atoms with E-state index in [0.29, 0.717) is 6.79 Å². The first-order valence-corrected chi connectivity index (χ1v) is 8.50. The van der Waals surface area contributed by atoms with Gasteiger partial charge in [-0.3, -0.25) is 0 Å². The van der Waals surface area contributed by atoms with Gasteiger partial charge in [-0.2, -0.15) is 0 Å². The predicted octanol–water partition coefficient (Wildman–Crippen LogP) is 3.98. The van der Waals surface area contributed by atoms with Crippen molar-refractivity contribution in [1.29, 1.82) is 0 Å². The van der Waals surface area contributed by atoms with Gasteiger partial charge in [-0.25, -0.2) is 10.9 Å². The summed E-state index contributed by atoms with van der Waals surface area (Å²) in [7, 11) is 1.70. The number of rotatable bonds is 4. The summed E-state index contributed by atoms with van der Waals surface area (Å²) in [6, 6.07) is 13.0. The summed E-state index contributed by atoms with van der Waals surface area (Å²) in [4.78, 5) is 1.55. The lowest BCUT2D eigenvalue weighted by Gasteiger charge is -2.19. The van der Waals surface area contributed by atoms with Gasteiger partial charge >= 0.3 is 0 Å². The molecule has 1 heterocycles. The fraction of sp³-hybridized carbons (Fsp3) is 0.375. The van der Waals surface area contributed by atoms with E-state index in [9.17, 15) is 0 Å². The first-order valence-electron chi connectivity index (χ1n) is 6.78. The Morgan fingerprint density at radius 1 is 1.00 bits per heavy atom. The van der Waals surface area contributed by atoms with Gasteiger partial charge in [0.15, 0.2) is 6.79 Å². The third-order valence-electron chi connectivity index (χ3n) is 3.64. The van der Waals surface area contributed by atoms with Crippen LogP contribution in [0.3, 0.4) is 0 Å². The number of thiol groups is 1. The Morgan fingerprint density at radius 3 is 2.47 bits per heavy atom. The summed E-state index contributed by atoms with van der Waals surface area (Å²) >= 11 is 0. The summed E-state index contributed by atoms with van der Waals surface area (Å²) in [6.07, 6.45) is 2.78. The Morgan fingerprint density at radius 2 is 1.74 bits per heavy atom. The number of fused-ring (bicyclic) bond motifs is 1. The van der Waals surface area contributed by atoms with Gasteiger partial charge in [0.2, 0.25) is 0 Å². The van der Waals surface area contributed by atoms with Crippen LogP contribution in [-0.4, -0.2) is 25.4 Å². The first kappa shape index (κ1) is 12.8. The molecular weight excluding hydrogens is 256 g/mol. The molecule has 1 fully saturated rings. The second kappa shape index (κ2) is 5.85. The van der Waals surface area contributed by atoms with Crippen LogP contribution in [0.4, 0.5) is 0 Å². The molecule has 2 aromatic carbocycles. The lowest BCUT2D eigenvalue weighted by atomic mass is 10.1. The van der Waals surface area contributed by atoms with E-state index in [1.165, 1.54) is 35.1 Å². The van der Waals surface area contributed by atoms with Crippen LogP contribution < -0.4 is 4.74 Å². The highest BCUT2D eigenvalue weighted by atomic mass is 32.2. The van der Waals surface area contributed by atoms with Gasteiger partial charge in [0, 0.05) is 12.5 Å². The zero-order valence-corrected chi connectivity index (χ0v) is 12.2. The molecule has 0 bridgehead atoms. The summed E-state index contributed by atoms with van der Waals surface area (Å²) < 4.78 is 10.7. The normalized spacial score (nSPS) is 17.0. The average molecular weight is 276 g/mol. The topological polar surface area (TPSA) is 18.5 Å². The smallest absolute Gasteiger partial charge is 0.188 e. The van der Waals surface area contributed by atoms with Crippen LogP contribution in [0.1, 0.15) is 12.8 Å². The average Bonchev–Trinajstić information content (AvgIpc) is 2.98. The molecule has 0 radical (unpaired) electrons. The summed E-state index contributed by atoms with van der Waals surface area (Å²) in [5.74, 6) is 3.70. The summed E-state index contributed by atoms with van der Waals surface area (Å²) in [6.45, 7) is 0.304. The maximum absolute atomic E-state index is 5.67. The van der Waals surface area contributed by atoms with E-state index in [1.807, 2.05) is 0 Å². The standard InChI is InChI=1S/C16H20O2S/c1-17-12-18-15-8-9-16(19-10-4-5-11-19)14-7-3-2-6-13(14)15/h2-3,6-9,19H,4-5,10-12H2,1H3. The molecule has 0 saturated carbocycles. The molecule has 0 spiro atoms. The van der Waals surface area contributed by atoms with Crippen molar-refractivity contribution in [3.05, 3.63) is 36.4 Å². The minimum absolute atomic E-state index is 0.0479. The van der Waals surface area contributed by atoms with Crippen molar-refractivity contribution in [3.8, 4) is 5.75 Å². The molecule has 0 amide bonds. The quantitative estimate of drug-likeness (QED) is 0.672. The maximum Gasteiger partial charge on any atom is 0.188 e. The molecule has 1 aliphatic rings. The Bertz CT molecular complexity index is 562. The van der Waals surface area contributed by atoms with Crippen LogP contribution in [0.5, 0.6) is 5.75 Å². The first-order chi connectivity index (χ1) is 9.40.